The van der Waals surface area contributed by atoms with E-state index >= 15 is 0 Å². The number of hydrogen-bond acceptors (Lipinski definition) is 3. The molecule has 0 aliphatic carbocycles. The van der Waals surface area contributed by atoms with Gasteiger partial charge in [0.15, 0.2) is 0 Å². The van der Waals surface area contributed by atoms with Gasteiger partial charge < -0.3 is 15.0 Å². The Bertz CT molecular complexity index is 1230. The first kappa shape index (κ1) is 22.6. The van der Waals surface area contributed by atoms with Crippen molar-refractivity contribution in [3.8, 4) is 16.9 Å². The zero-order valence-corrected chi connectivity index (χ0v) is 19.4. The molecule has 4 aromatic carbocycles. The lowest BCUT2D eigenvalue weighted by Crippen LogP contribution is -2.31. The maximum atomic E-state index is 13.3. The number of nitrogens with zero attached hydrogens (tertiary/aromatic N) is 1. The predicted octanol–water partition coefficient (Wildman–Crippen LogP) is 5.94. The molecule has 1 amide bonds. The van der Waals surface area contributed by atoms with Crippen molar-refractivity contribution in [2.24, 2.45) is 0 Å². The van der Waals surface area contributed by atoms with Crippen LogP contribution < -0.4 is 10.1 Å². The number of amides is 1. The topological polar surface area (TPSA) is 41.6 Å². The average molecular weight is 439 g/mol. The van der Waals surface area contributed by atoms with Crippen LogP contribution in [0.5, 0.6) is 5.75 Å². The predicted molar refractivity (Wildman–Crippen MR) is 136 cm³/mol. The van der Waals surface area contributed by atoms with Crippen molar-refractivity contribution in [3.63, 3.8) is 0 Å². The second kappa shape index (κ2) is 10.3. The molecule has 0 radical (unpaired) electrons. The van der Waals surface area contributed by atoms with Gasteiger partial charge in [0.2, 0.25) is 0 Å². The van der Waals surface area contributed by atoms with Crippen LogP contribution in [0.3, 0.4) is 0 Å². The second-order valence-electron chi connectivity index (χ2n) is 8.53. The molecule has 0 bridgehead atoms. The molecule has 0 saturated heterocycles. The quantitative estimate of drug-likeness (QED) is 0.370. The maximum Gasteiger partial charge on any atom is 0.251 e. The summed E-state index contributed by atoms with van der Waals surface area (Å²) in [7, 11) is 5.76. The highest BCUT2D eigenvalue weighted by Crippen LogP contribution is 2.25. The summed E-state index contributed by atoms with van der Waals surface area (Å²) in [5.41, 5.74) is 3.82. The number of methoxy groups -OCH3 is 1. The Labute approximate surface area is 195 Å². The van der Waals surface area contributed by atoms with Gasteiger partial charge in [-0.1, -0.05) is 60.7 Å². The molecular weight excluding hydrogens is 408 g/mol. The number of fused-ring (bicyclic) bond motifs is 1. The minimum Gasteiger partial charge on any atom is -0.497 e. The third kappa shape index (κ3) is 5.60. The summed E-state index contributed by atoms with van der Waals surface area (Å²) in [4.78, 5) is 15.4. The van der Waals surface area contributed by atoms with Gasteiger partial charge in [0.1, 0.15) is 5.75 Å². The number of ether oxygens (including phenoxy) is 1. The van der Waals surface area contributed by atoms with E-state index in [2.05, 4.69) is 54.6 Å². The van der Waals surface area contributed by atoms with Crippen LogP contribution in [0.15, 0.2) is 91.0 Å². The van der Waals surface area contributed by atoms with E-state index in [1.54, 1.807) is 7.11 Å². The fourth-order valence-corrected chi connectivity index (χ4v) is 4.00. The molecule has 0 spiro atoms. The summed E-state index contributed by atoms with van der Waals surface area (Å²) >= 11 is 0. The first-order valence-electron chi connectivity index (χ1n) is 11.2. The fraction of sp³-hybridized carbons (Fsp3) is 0.207. The summed E-state index contributed by atoms with van der Waals surface area (Å²) in [6.45, 7) is 0.879. The molecule has 168 valence electrons. The van der Waals surface area contributed by atoms with Crippen molar-refractivity contribution in [2.75, 3.05) is 27.7 Å². The maximum absolute atomic E-state index is 13.3. The highest BCUT2D eigenvalue weighted by atomic mass is 16.5. The highest BCUT2D eigenvalue weighted by molar-refractivity contribution is 5.96. The minimum absolute atomic E-state index is 0.0673. The lowest BCUT2D eigenvalue weighted by Gasteiger charge is -2.22. The van der Waals surface area contributed by atoms with Crippen molar-refractivity contribution in [1.82, 2.24) is 10.2 Å². The van der Waals surface area contributed by atoms with E-state index in [-0.39, 0.29) is 11.9 Å². The Balaban J connectivity index is 1.58. The van der Waals surface area contributed by atoms with Crippen LogP contribution in [-0.2, 0) is 0 Å². The third-order valence-electron chi connectivity index (χ3n) is 5.89. The SMILES string of the molecule is COc1ccc(-c2cccc(C(=O)NC(CCN(C)C)c3ccc4ccccc4c3)c2)cc1. The smallest absolute Gasteiger partial charge is 0.251 e. The summed E-state index contributed by atoms with van der Waals surface area (Å²) in [5, 5.41) is 5.66. The summed E-state index contributed by atoms with van der Waals surface area (Å²) in [5.74, 6) is 0.744. The van der Waals surface area contributed by atoms with Crippen LogP contribution in [0, 0.1) is 0 Å². The second-order valence-corrected chi connectivity index (χ2v) is 8.53. The van der Waals surface area contributed by atoms with Crippen LogP contribution >= 0.6 is 0 Å². The highest BCUT2D eigenvalue weighted by Gasteiger charge is 2.17. The van der Waals surface area contributed by atoms with E-state index in [9.17, 15) is 4.79 Å². The number of nitrogens with one attached hydrogen (secondary N) is 1. The molecule has 4 aromatic rings. The van der Waals surface area contributed by atoms with Gasteiger partial charge in [-0.05, 0) is 84.9 Å². The van der Waals surface area contributed by atoms with Gasteiger partial charge in [0, 0.05) is 5.56 Å². The molecule has 0 heterocycles. The molecule has 0 aliphatic heterocycles. The lowest BCUT2D eigenvalue weighted by atomic mass is 9.98. The Kier molecular flexibility index (Phi) is 7.06. The van der Waals surface area contributed by atoms with Gasteiger partial charge in [-0.25, -0.2) is 0 Å². The van der Waals surface area contributed by atoms with Gasteiger partial charge in [0.05, 0.1) is 13.2 Å². The molecule has 1 atom stereocenters. The molecule has 0 aromatic heterocycles. The van der Waals surface area contributed by atoms with Crippen molar-refractivity contribution >= 4 is 16.7 Å². The molecule has 1 unspecified atom stereocenters. The largest absolute Gasteiger partial charge is 0.497 e. The first-order valence-corrected chi connectivity index (χ1v) is 11.2. The number of rotatable bonds is 8. The van der Waals surface area contributed by atoms with Crippen molar-refractivity contribution in [1.29, 1.82) is 0 Å². The zero-order valence-electron chi connectivity index (χ0n) is 19.4. The monoisotopic (exact) mass is 438 g/mol. The van der Waals surface area contributed by atoms with Gasteiger partial charge >= 0.3 is 0 Å². The number of benzene rings is 4. The van der Waals surface area contributed by atoms with Gasteiger partial charge in [0.25, 0.3) is 5.91 Å². The summed E-state index contributed by atoms with van der Waals surface area (Å²) < 4.78 is 5.25. The van der Waals surface area contributed by atoms with Crippen LogP contribution in [0.2, 0.25) is 0 Å². The molecule has 33 heavy (non-hydrogen) atoms. The first-order chi connectivity index (χ1) is 16.0. The van der Waals surface area contributed by atoms with Crippen LogP contribution in [-0.4, -0.2) is 38.6 Å². The number of hydrogen-bond donors (Lipinski definition) is 1. The van der Waals surface area contributed by atoms with Gasteiger partial charge in [-0.15, -0.1) is 0 Å². The Hall–Kier alpha value is -3.63. The van der Waals surface area contributed by atoms with Gasteiger partial charge in [-0.2, -0.15) is 0 Å². The molecule has 0 saturated carbocycles. The lowest BCUT2D eigenvalue weighted by molar-refractivity contribution is 0.0933. The number of carbonyl (C=O) groups is 1. The Morgan fingerprint density at radius 1 is 0.848 bits per heavy atom. The summed E-state index contributed by atoms with van der Waals surface area (Å²) in [6.07, 6.45) is 0.829. The third-order valence-corrected chi connectivity index (χ3v) is 5.89. The Morgan fingerprint density at radius 3 is 2.33 bits per heavy atom. The van der Waals surface area contributed by atoms with Crippen LogP contribution in [0.25, 0.3) is 21.9 Å². The van der Waals surface area contributed by atoms with Crippen molar-refractivity contribution < 1.29 is 9.53 Å². The fourth-order valence-electron chi connectivity index (χ4n) is 4.00. The summed E-state index contributed by atoms with van der Waals surface area (Å²) in [6, 6.07) is 30.3. The van der Waals surface area contributed by atoms with E-state index < -0.39 is 0 Å². The molecule has 0 aliphatic rings. The zero-order chi connectivity index (χ0) is 23.2. The molecule has 4 rings (SSSR count). The van der Waals surface area contributed by atoms with Crippen LogP contribution in [0.4, 0.5) is 0 Å². The minimum atomic E-state index is -0.0749. The molecule has 1 N–H and O–H groups in total. The normalized spacial score (nSPS) is 12.0. The molecule has 4 heteroatoms. The van der Waals surface area contributed by atoms with E-state index in [0.717, 1.165) is 35.4 Å². The van der Waals surface area contributed by atoms with Gasteiger partial charge in [-0.3, -0.25) is 4.79 Å². The average Bonchev–Trinajstić information content (AvgIpc) is 2.86. The standard InChI is InChI=1S/C29H30N2O2/c1-31(2)18-17-28(25-12-11-21-7-4-5-8-23(21)19-25)30-29(32)26-10-6-9-24(20-26)22-13-15-27(33-3)16-14-22/h4-16,19-20,28H,17-18H2,1-3H3,(H,30,32). The van der Waals surface area contributed by atoms with Crippen LogP contribution in [0.1, 0.15) is 28.4 Å². The van der Waals surface area contributed by atoms with Crippen molar-refractivity contribution in [3.05, 3.63) is 102 Å². The molecule has 0 fully saturated rings. The molecular formula is C29H30N2O2. The molecule has 4 nitrogen and oxygen atoms in total. The van der Waals surface area contributed by atoms with E-state index in [1.807, 2.05) is 60.7 Å². The number of carbonyl (C=O) groups excluding carboxylic acids is 1. The van der Waals surface area contributed by atoms with E-state index in [4.69, 9.17) is 4.74 Å². The van der Waals surface area contributed by atoms with E-state index in [1.165, 1.54) is 10.8 Å². The van der Waals surface area contributed by atoms with E-state index in [0.29, 0.717) is 5.56 Å². The Morgan fingerprint density at radius 2 is 1.61 bits per heavy atom. The van der Waals surface area contributed by atoms with Crippen molar-refractivity contribution in [2.45, 2.75) is 12.5 Å².